The molecule has 0 amide bonds. The normalized spacial score (nSPS) is 10.8. The first-order valence-corrected chi connectivity index (χ1v) is 12.0. The number of rotatable bonds is 20. The molecule has 3 heteroatoms. The predicted molar refractivity (Wildman–Crippen MR) is 117 cm³/mol. The Labute approximate surface area is 192 Å². The Balaban J connectivity index is 0.00000729. The Morgan fingerprint density at radius 1 is 0.536 bits per heavy atom. The highest BCUT2D eigenvalue weighted by Gasteiger charge is 1.98. The Morgan fingerprint density at radius 3 is 1.43 bits per heavy atom. The Morgan fingerprint density at radius 2 is 0.964 bits per heavy atom. The molecule has 0 aliphatic heterocycles. The zero-order chi connectivity index (χ0) is 19.3. The third-order valence-corrected chi connectivity index (χ3v) is 5.41. The van der Waals surface area contributed by atoms with Crippen LogP contribution >= 0.6 is 0 Å². The number of hydrogen-bond donors (Lipinski definition) is 0. The number of halogens is 1. The van der Waals surface area contributed by atoms with Crippen molar-refractivity contribution in [3.8, 4) is 0 Å². The summed E-state index contributed by atoms with van der Waals surface area (Å²) in [5.41, 5.74) is 0. The summed E-state index contributed by atoms with van der Waals surface area (Å²) in [6, 6.07) is 6.18. The van der Waals surface area contributed by atoms with E-state index in [-0.39, 0.29) is 24.0 Å². The number of pyridine rings is 1. The van der Waals surface area contributed by atoms with Crippen molar-refractivity contribution in [2.24, 2.45) is 0 Å². The topological polar surface area (TPSA) is 13.1 Å². The number of aromatic nitrogens is 1. The number of unbranched alkanes of at least 4 members (excludes halogenated alkanes) is 15. The molecular formula is C25H46INO. The lowest BCUT2D eigenvalue weighted by molar-refractivity contribution is -0.698. The molecule has 0 spiro atoms. The van der Waals surface area contributed by atoms with Crippen molar-refractivity contribution in [1.29, 1.82) is 0 Å². The van der Waals surface area contributed by atoms with E-state index in [1.54, 1.807) is 0 Å². The molecule has 0 N–H and O–H groups in total. The highest BCUT2D eigenvalue weighted by Crippen LogP contribution is 2.13. The fourth-order valence-electron chi connectivity index (χ4n) is 3.61. The first kappa shape index (κ1) is 27.8. The monoisotopic (exact) mass is 503 g/mol. The lowest BCUT2D eigenvalue weighted by Gasteiger charge is -2.04. The third-order valence-electron chi connectivity index (χ3n) is 5.41. The molecule has 0 fully saturated rings. The van der Waals surface area contributed by atoms with Crippen molar-refractivity contribution in [2.75, 3.05) is 13.2 Å². The maximum atomic E-state index is 5.74. The lowest BCUT2D eigenvalue weighted by atomic mass is 10.0. The van der Waals surface area contributed by atoms with Gasteiger partial charge in [0.2, 0.25) is 0 Å². The summed E-state index contributed by atoms with van der Waals surface area (Å²) >= 11 is 0. The van der Waals surface area contributed by atoms with Crippen molar-refractivity contribution < 1.29 is 33.3 Å². The van der Waals surface area contributed by atoms with Crippen LogP contribution in [0.3, 0.4) is 0 Å². The second-order valence-corrected chi connectivity index (χ2v) is 8.03. The van der Waals surface area contributed by atoms with E-state index >= 15 is 0 Å². The first-order valence-electron chi connectivity index (χ1n) is 12.0. The van der Waals surface area contributed by atoms with Crippen LogP contribution < -0.4 is 28.5 Å². The SMILES string of the molecule is CCCCCCCCCCCCCCCCCCOCC[n+]1ccccc1.[I-]. The van der Waals surface area contributed by atoms with Gasteiger partial charge >= 0.3 is 0 Å². The van der Waals surface area contributed by atoms with Crippen molar-refractivity contribution in [2.45, 2.75) is 116 Å². The summed E-state index contributed by atoms with van der Waals surface area (Å²) in [6.07, 6.45) is 26.9. The van der Waals surface area contributed by atoms with Gasteiger partial charge in [-0.2, -0.15) is 0 Å². The van der Waals surface area contributed by atoms with Crippen LogP contribution in [0, 0.1) is 0 Å². The number of nitrogens with zero attached hydrogens (tertiary/aromatic N) is 1. The van der Waals surface area contributed by atoms with Crippen LogP contribution in [0.2, 0.25) is 0 Å². The van der Waals surface area contributed by atoms with Gasteiger partial charge in [0.1, 0.15) is 6.61 Å². The van der Waals surface area contributed by atoms with Crippen LogP contribution in [0.5, 0.6) is 0 Å². The zero-order valence-corrected chi connectivity index (χ0v) is 20.7. The Bertz CT molecular complexity index is 399. The molecule has 1 aromatic rings. The second-order valence-electron chi connectivity index (χ2n) is 8.03. The molecule has 0 bridgehead atoms. The van der Waals surface area contributed by atoms with E-state index in [1.165, 1.54) is 103 Å². The fourth-order valence-corrected chi connectivity index (χ4v) is 3.61. The fraction of sp³-hybridized carbons (Fsp3) is 0.800. The van der Waals surface area contributed by atoms with Crippen molar-refractivity contribution in [3.63, 3.8) is 0 Å². The molecule has 0 aromatic carbocycles. The van der Waals surface area contributed by atoms with E-state index < -0.39 is 0 Å². The molecular weight excluding hydrogens is 457 g/mol. The number of ether oxygens (including phenoxy) is 1. The van der Waals surface area contributed by atoms with Gasteiger partial charge in [0.25, 0.3) is 0 Å². The van der Waals surface area contributed by atoms with Gasteiger partial charge in [-0.3, -0.25) is 0 Å². The molecule has 1 heterocycles. The van der Waals surface area contributed by atoms with Crippen molar-refractivity contribution in [3.05, 3.63) is 30.6 Å². The molecule has 0 radical (unpaired) electrons. The molecule has 164 valence electrons. The average Bonchev–Trinajstić information content (AvgIpc) is 2.70. The first-order chi connectivity index (χ1) is 13.4. The van der Waals surface area contributed by atoms with E-state index in [4.69, 9.17) is 4.74 Å². The van der Waals surface area contributed by atoms with E-state index in [1.807, 2.05) is 6.07 Å². The van der Waals surface area contributed by atoms with Crippen LogP contribution in [0.4, 0.5) is 0 Å². The van der Waals surface area contributed by atoms with Gasteiger partial charge in [-0.05, 0) is 6.42 Å². The molecule has 0 saturated carbocycles. The third kappa shape index (κ3) is 19.2. The van der Waals surface area contributed by atoms with Gasteiger partial charge < -0.3 is 28.7 Å². The van der Waals surface area contributed by atoms with Gasteiger partial charge in [-0.1, -0.05) is 109 Å². The van der Waals surface area contributed by atoms with E-state index in [0.717, 1.165) is 19.8 Å². The smallest absolute Gasteiger partial charge is 0.171 e. The van der Waals surface area contributed by atoms with Crippen LogP contribution in [-0.4, -0.2) is 13.2 Å². The summed E-state index contributed by atoms with van der Waals surface area (Å²) in [5.74, 6) is 0. The predicted octanol–water partition coefficient (Wildman–Crippen LogP) is 4.26. The lowest BCUT2D eigenvalue weighted by Crippen LogP contribution is -3.00. The Kier molecular flexibility index (Phi) is 23.0. The minimum atomic E-state index is 0. The highest BCUT2D eigenvalue weighted by molar-refractivity contribution is 4.83. The van der Waals surface area contributed by atoms with E-state index in [0.29, 0.717) is 0 Å². The van der Waals surface area contributed by atoms with E-state index in [9.17, 15) is 0 Å². The minimum absolute atomic E-state index is 0. The van der Waals surface area contributed by atoms with Crippen LogP contribution in [0.15, 0.2) is 30.6 Å². The van der Waals surface area contributed by atoms with Crippen LogP contribution in [0.25, 0.3) is 0 Å². The average molecular weight is 504 g/mol. The summed E-state index contributed by atoms with van der Waals surface area (Å²) in [6.45, 7) is 5.00. The van der Waals surface area contributed by atoms with Gasteiger partial charge in [0.15, 0.2) is 18.9 Å². The molecule has 0 saturated heterocycles. The largest absolute Gasteiger partial charge is 1.00 e. The summed E-state index contributed by atoms with van der Waals surface area (Å²) in [4.78, 5) is 0. The summed E-state index contributed by atoms with van der Waals surface area (Å²) in [7, 11) is 0. The summed E-state index contributed by atoms with van der Waals surface area (Å²) in [5, 5.41) is 0. The number of hydrogen-bond acceptors (Lipinski definition) is 1. The van der Waals surface area contributed by atoms with Crippen molar-refractivity contribution >= 4 is 0 Å². The molecule has 0 aliphatic rings. The van der Waals surface area contributed by atoms with Crippen LogP contribution in [0.1, 0.15) is 110 Å². The van der Waals surface area contributed by atoms with Crippen molar-refractivity contribution in [1.82, 2.24) is 0 Å². The molecule has 1 aromatic heterocycles. The minimum Gasteiger partial charge on any atom is -1.00 e. The zero-order valence-electron chi connectivity index (χ0n) is 18.6. The standard InChI is InChI=1S/C25H46NO.HI/c1-2-3-4-5-6-7-8-9-10-11-12-13-14-15-16-20-24-27-25-23-26-21-18-17-19-22-26;/h17-19,21-22H,2-16,20,23-25H2,1H3;1H/q+1;/p-1. The van der Waals surface area contributed by atoms with Gasteiger partial charge in [-0.25, -0.2) is 4.57 Å². The quantitative estimate of drug-likeness (QED) is 0.147. The summed E-state index contributed by atoms with van der Waals surface area (Å²) < 4.78 is 7.91. The van der Waals surface area contributed by atoms with Gasteiger partial charge in [-0.15, -0.1) is 0 Å². The highest BCUT2D eigenvalue weighted by atomic mass is 127. The maximum Gasteiger partial charge on any atom is 0.171 e. The Hall–Kier alpha value is -0.160. The molecule has 0 unspecified atom stereocenters. The molecule has 1 rings (SSSR count). The molecule has 0 aliphatic carbocycles. The molecule has 28 heavy (non-hydrogen) atoms. The second kappa shape index (κ2) is 23.1. The molecule has 2 nitrogen and oxygen atoms in total. The van der Waals surface area contributed by atoms with Gasteiger partial charge in [0, 0.05) is 18.7 Å². The van der Waals surface area contributed by atoms with E-state index in [2.05, 4.69) is 36.0 Å². The molecule has 0 atom stereocenters. The maximum absolute atomic E-state index is 5.74. The van der Waals surface area contributed by atoms with Crippen LogP contribution in [-0.2, 0) is 11.3 Å². The van der Waals surface area contributed by atoms with Gasteiger partial charge in [0.05, 0.1) is 0 Å².